The van der Waals surface area contributed by atoms with Crippen molar-refractivity contribution in [1.29, 1.82) is 5.26 Å². The van der Waals surface area contributed by atoms with Crippen LogP contribution in [0.15, 0.2) is 82.5 Å². The average Bonchev–Trinajstić information content (AvgIpc) is 2.68. The molecule has 4 nitrogen and oxygen atoms in total. The van der Waals surface area contributed by atoms with Gasteiger partial charge in [-0.25, -0.2) is 0 Å². The molecular formula is C21H19N3OS. The molecule has 0 aromatic heterocycles. The lowest BCUT2D eigenvalue weighted by Gasteiger charge is -2.29. The zero-order chi connectivity index (χ0) is 18.5. The van der Waals surface area contributed by atoms with E-state index in [4.69, 9.17) is 0 Å². The van der Waals surface area contributed by atoms with E-state index in [2.05, 4.69) is 16.7 Å². The number of nitriles is 1. The van der Waals surface area contributed by atoms with Crippen LogP contribution in [0.3, 0.4) is 0 Å². The molecule has 1 aliphatic heterocycles. The summed E-state index contributed by atoms with van der Waals surface area (Å²) in [7, 11) is 0. The molecule has 1 unspecified atom stereocenters. The fourth-order valence-corrected chi connectivity index (χ4v) is 3.71. The van der Waals surface area contributed by atoms with E-state index in [1.807, 2.05) is 73.8 Å². The van der Waals surface area contributed by atoms with Crippen LogP contribution in [0.2, 0.25) is 0 Å². The summed E-state index contributed by atoms with van der Waals surface area (Å²) in [5.74, 6) is -0.600. The first kappa shape index (κ1) is 17.8. The highest BCUT2D eigenvalue weighted by atomic mass is 32.2. The van der Waals surface area contributed by atoms with Crippen LogP contribution in [-0.4, -0.2) is 12.2 Å². The average molecular weight is 361 g/mol. The normalized spacial score (nSPS) is 16.7. The summed E-state index contributed by atoms with van der Waals surface area (Å²) in [5.41, 5.74) is 3.54. The van der Waals surface area contributed by atoms with Crippen LogP contribution in [0.25, 0.3) is 0 Å². The minimum absolute atomic E-state index is 0.206. The zero-order valence-electron chi connectivity index (χ0n) is 14.6. The molecule has 2 aromatic carbocycles. The lowest BCUT2D eigenvalue weighted by Crippen LogP contribution is -2.30. The Morgan fingerprint density at radius 3 is 2.31 bits per heavy atom. The van der Waals surface area contributed by atoms with Crippen LogP contribution < -0.4 is 10.6 Å². The molecular weight excluding hydrogens is 342 g/mol. The van der Waals surface area contributed by atoms with Crippen molar-refractivity contribution >= 4 is 23.4 Å². The van der Waals surface area contributed by atoms with Gasteiger partial charge in [0, 0.05) is 17.0 Å². The summed E-state index contributed by atoms with van der Waals surface area (Å²) in [4.78, 5) is 13.1. The topological polar surface area (TPSA) is 64.9 Å². The Kier molecular flexibility index (Phi) is 5.45. The quantitative estimate of drug-likeness (QED) is 0.848. The lowest BCUT2D eigenvalue weighted by atomic mass is 9.82. The minimum atomic E-state index is -0.395. The monoisotopic (exact) mass is 361 g/mol. The van der Waals surface area contributed by atoms with Gasteiger partial charge in [-0.2, -0.15) is 5.26 Å². The highest BCUT2D eigenvalue weighted by Gasteiger charge is 2.34. The Balaban J connectivity index is 2.06. The third kappa shape index (κ3) is 3.51. The largest absolute Gasteiger partial charge is 0.353 e. The Labute approximate surface area is 157 Å². The van der Waals surface area contributed by atoms with E-state index in [-0.39, 0.29) is 5.91 Å². The first-order valence-electron chi connectivity index (χ1n) is 8.23. The van der Waals surface area contributed by atoms with Crippen LogP contribution >= 0.6 is 11.8 Å². The molecule has 2 aromatic rings. The van der Waals surface area contributed by atoms with Crippen LogP contribution in [0.5, 0.6) is 0 Å². The molecule has 2 N–H and O–H groups in total. The van der Waals surface area contributed by atoms with Gasteiger partial charge in [0.05, 0.1) is 22.6 Å². The van der Waals surface area contributed by atoms with Crippen molar-refractivity contribution in [3.05, 3.63) is 88.1 Å². The van der Waals surface area contributed by atoms with Crippen molar-refractivity contribution in [1.82, 2.24) is 5.32 Å². The second kappa shape index (κ2) is 7.94. The third-order valence-electron chi connectivity index (χ3n) is 4.26. The predicted octanol–water partition coefficient (Wildman–Crippen LogP) is 4.38. The number of nitrogens with one attached hydrogen (secondary N) is 2. The molecule has 0 saturated heterocycles. The predicted molar refractivity (Wildman–Crippen MR) is 106 cm³/mol. The SMILES string of the molecule is CSC1=C(C#N)C(c2ccccc2)C(C(=O)Nc2ccccc2)=C(C)N1. The lowest BCUT2D eigenvalue weighted by molar-refractivity contribution is -0.113. The minimum Gasteiger partial charge on any atom is -0.353 e. The maximum atomic E-state index is 13.1. The Morgan fingerprint density at radius 2 is 1.73 bits per heavy atom. The summed E-state index contributed by atoms with van der Waals surface area (Å²) in [6, 6.07) is 21.3. The standard InChI is InChI=1S/C21H19N3OS/c1-14-18(20(25)24-16-11-7-4-8-12-16)19(15-9-5-3-6-10-15)17(13-22)21(23-14)26-2/h3-12,19,23H,1-2H3,(H,24,25). The Hall–Kier alpha value is -2.97. The number of para-hydroxylation sites is 1. The molecule has 1 atom stereocenters. The highest BCUT2D eigenvalue weighted by molar-refractivity contribution is 8.02. The summed E-state index contributed by atoms with van der Waals surface area (Å²) in [6.07, 6.45) is 1.92. The van der Waals surface area contributed by atoms with Gasteiger partial charge in [-0.05, 0) is 30.9 Å². The molecule has 26 heavy (non-hydrogen) atoms. The van der Waals surface area contributed by atoms with Crippen LogP contribution in [0.1, 0.15) is 18.4 Å². The number of benzene rings is 2. The highest BCUT2D eigenvalue weighted by Crippen LogP contribution is 2.40. The first-order valence-corrected chi connectivity index (χ1v) is 9.45. The van der Waals surface area contributed by atoms with Gasteiger partial charge in [0.25, 0.3) is 5.91 Å². The number of hydrogen-bond acceptors (Lipinski definition) is 4. The fraction of sp³-hybridized carbons (Fsp3) is 0.143. The second-order valence-corrected chi connectivity index (χ2v) is 6.70. The molecule has 1 amide bonds. The van der Waals surface area contributed by atoms with Gasteiger partial charge in [0.15, 0.2) is 0 Å². The number of allylic oxidation sites excluding steroid dienone is 2. The van der Waals surface area contributed by atoms with E-state index < -0.39 is 5.92 Å². The van der Waals surface area contributed by atoms with Crippen molar-refractivity contribution in [3.8, 4) is 6.07 Å². The van der Waals surface area contributed by atoms with Crippen LogP contribution in [-0.2, 0) is 4.79 Å². The number of carbonyl (C=O) groups excluding carboxylic acids is 1. The molecule has 0 saturated carbocycles. The fourth-order valence-electron chi connectivity index (χ4n) is 3.07. The van der Waals surface area contributed by atoms with Gasteiger partial charge in [-0.3, -0.25) is 4.79 Å². The number of anilines is 1. The molecule has 3 rings (SSSR count). The third-order valence-corrected chi connectivity index (χ3v) is 4.99. The van der Waals surface area contributed by atoms with E-state index in [1.54, 1.807) is 0 Å². The molecule has 0 fully saturated rings. The van der Waals surface area contributed by atoms with Crippen molar-refractivity contribution in [2.45, 2.75) is 12.8 Å². The Morgan fingerprint density at radius 1 is 1.12 bits per heavy atom. The summed E-state index contributed by atoms with van der Waals surface area (Å²) >= 11 is 1.48. The summed E-state index contributed by atoms with van der Waals surface area (Å²) in [5, 5.41) is 16.7. The van der Waals surface area contributed by atoms with Gasteiger partial charge in [-0.1, -0.05) is 48.5 Å². The van der Waals surface area contributed by atoms with Gasteiger partial charge in [-0.15, -0.1) is 11.8 Å². The van der Waals surface area contributed by atoms with Gasteiger partial charge in [0.1, 0.15) is 0 Å². The smallest absolute Gasteiger partial charge is 0.254 e. The molecule has 5 heteroatoms. The molecule has 1 aliphatic rings. The van der Waals surface area contributed by atoms with Gasteiger partial charge >= 0.3 is 0 Å². The number of nitrogens with zero attached hydrogens (tertiary/aromatic N) is 1. The van der Waals surface area contributed by atoms with Gasteiger partial charge in [0.2, 0.25) is 0 Å². The van der Waals surface area contributed by atoms with E-state index in [9.17, 15) is 10.1 Å². The number of dihydropyridines is 1. The number of carbonyl (C=O) groups is 1. The molecule has 0 aliphatic carbocycles. The van der Waals surface area contributed by atoms with Crippen molar-refractivity contribution in [2.24, 2.45) is 0 Å². The van der Waals surface area contributed by atoms with Gasteiger partial charge < -0.3 is 10.6 Å². The number of amides is 1. The molecule has 0 bridgehead atoms. The molecule has 0 spiro atoms. The second-order valence-electron chi connectivity index (χ2n) is 5.89. The van der Waals surface area contributed by atoms with Crippen LogP contribution in [0.4, 0.5) is 5.69 Å². The zero-order valence-corrected chi connectivity index (χ0v) is 15.4. The Bertz CT molecular complexity index is 911. The van der Waals surface area contributed by atoms with Crippen molar-refractivity contribution < 1.29 is 4.79 Å². The van der Waals surface area contributed by atoms with E-state index in [0.29, 0.717) is 11.1 Å². The van der Waals surface area contributed by atoms with Crippen LogP contribution in [0, 0.1) is 11.3 Å². The van der Waals surface area contributed by atoms with Crippen molar-refractivity contribution in [2.75, 3.05) is 11.6 Å². The van der Waals surface area contributed by atoms with E-state index in [0.717, 1.165) is 22.0 Å². The number of thioether (sulfide) groups is 1. The maximum Gasteiger partial charge on any atom is 0.254 e. The number of rotatable bonds is 4. The molecule has 0 radical (unpaired) electrons. The molecule has 130 valence electrons. The van der Waals surface area contributed by atoms with E-state index in [1.165, 1.54) is 11.8 Å². The molecule has 1 heterocycles. The van der Waals surface area contributed by atoms with Crippen molar-refractivity contribution in [3.63, 3.8) is 0 Å². The maximum absolute atomic E-state index is 13.1. The first-order chi connectivity index (χ1) is 12.7. The summed E-state index contributed by atoms with van der Waals surface area (Å²) < 4.78 is 0. The number of hydrogen-bond donors (Lipinski definition) is 2. The van der Waals surface area contributed by atoms with E-state index >= 15 is 0 Å². The summed E-state index contributed by atoms with van der Waals surface area (Å²) in [6.45, 7) is 1.88.